The first kappa shape index (κ1) is 23.4. The minimum absolute atomic E-state index is 0.00847. The quantitative estimate of drug-likeness (QED) is 0.604. The minimum Gasteiger partial charge on any atom is -0.350 e. The maximum absolute atomic E-state index is 13.6. The van der Waals surface area contributed by atoms with E-state index in [1.807, 2.05) is 20.8 Å². The lowest BCUT2D eigenvalue weighted by Gasteiger charge is -2.43. The van der Waals surface area contributed by atoms with Crippen LogP contribution in [0.1, 0.15) is 54.7 Å². The topological polar surface area (TPSA) is 85.3 Å². The molecule has 1 heterocycles. The highest BCUT2D eigenvalue weighted by molar-refractivity contribution is 5.99. The van der Waals surface area contributed by atoms with Crippen LogP contribution in [0.25, 0.3) is 0 Å². The van der Waals surface area contributed by atoms with Crippen LogP contribution in [-0.2, 0) is 11.3 Å². The first-order valence-electron chi connectivity index (χ1n) is 10.5. The Morgan fingerprint density at radius 3 is 2.47 bits per heavy atom. The van der Waals surface area contributed by atoms with E-state index in [0.717, 1.165) is 0 Å². The highest BCUT2D eigenvalue weighted by Crippen LogP contribution is 2.27. The first-order chi connectivity index (χ1) is 15.1. The van der Waals surface area contributed by atoms with Crippen LogP contribution in [0.3, 0.4) is 0 Å². The number of rotatable bonds is 7. The van der Waals surface area contributed by atoms with Gasteiger partial charge < -0.3 is 10.6 Å². The van der Waals surface area contributed by atoms with Gasteiger partial charge in [-0.15, -0.1) is 0 Å². The molecule has 8 heteroatoms. The van der Waals surface area contributed by atoms with Crippen LogP contribution in [0, 0.1) is 11.3 Å². The van der Waals surface area contributed by atoms with Crippen LogP contribution < -0.4 is 10.6 Å². The highest BCUT2D eigenvalue weighted by atomic mass is 19.3. The van der Waals surface area contributed by atoms with Crippen molar-refractivity contribution in [2.24, 2.45) is 5.92 Å². The number of carbonyl (C=O) groups is 2. The second kappa shape index (κ2) is 9.46. The van der Waals surface area contributed by atoms with Gasteiger partial charge in [0.25, 0.3) is 12.3 Å². The molecule has 170 valence electrons. The maximum Gasteiger partial charge on any atom is 0.262 e. The van der Waals surface area contributed by atoms with Gasteiger partial charge in [0.2, 0.25) is 5.91 Å². The number of alkyl halides is 2. The number of guanidine groups is 1. The highest BCUT2D eigenvalue weighted by Gasteiger charge is 2.40. The van der Waals surface area contributed by atoms with Gasteiger partial charge in [0, 0.05) is 11.1 Å². The zero-order valence-corrected chi connectivity index (χ0v) is 18.4. The van der Waals surface area contributed by atoms with E-state index in [0.29, 0.717) is 11.1 Å². The van der Waals surface area contributed by atoms with Gasteiger partial charge >= 0.3 is 0 Å². The summed E-state index contributed by atoms with van der Waals surface area (Å²) < 4.78 is 27.1. The molecule has 1 aliphatic rings. The number of benzene rings is 2. The fourth-order valence-corrected chi connectivity index (χ4v) is 3.60. The lowest BCUT2D eigenvalue weighted by molar-refractivity contribution is -0.131. The zero-order valence-electron chi connectivity index (χ0n) is 18.4. The summed E-state index contributed by atoms with van der Waals surface area (Å²) in [5.74, 6) is -0.643. The number of nitrogens with zero attached hydrogens (tertiary/aromatic N) is 1. The molecule has 2 amide bonds. The summed E-state index contributed by atoms with van der Waals surface area (Å²) in [7, 11) is 0. The predicted octanol–water partition coefficient (Wildman–Crippen LogP) is 4.09. The van der Waals surface area contributed by atoms with Crippen LogP contribution in [0.5, 0.6) is 0 Å². The van der Waals surface area contributed by atoms with E-state index < -0.39 is 23.9 Å². The average molecular weight is 443 g/mol. The fraction of sp³-hybridized carbons (Fsp3) is 0.375. The summed E-state index contributed by atoms with van der Waals surface area (Å²) in [4.78, 5) is 26.7. The molecule has 0 bridgehead atoms. The van der Waals surface area contributed by atoms with Crippen molar-refractivity contribution >= 4 is 17.8 Å². The van der Waals surface area contributed by atoms with Crippen molar-refractivity contribution in [1.29, 1.82) is 5.41 Å². The molecule has 0 saturated carbocycles. The van der Waals surface area contributed by atoms with Crippen molar-refractivity contribution in [1.82, 2.24) is 15.5 Å². The summed E-state index contributed by atoms with van der Waals surface area (Å²) in [5, 5.41) is 13.8. The van der Waals surface area contributed by atoms with Crippen molar-refractivity contribution in [3.8, 4) is 0 Å². The molecule has 0 unspecified atom stereocenters. The third-order valence-electron chi connectivity index (χ3n) is 5.99. The van der Waals surface area contributed by atoms with E-state index in [1.165, 1.54) is 11.0 Å². The molecule has 3 rings (SSSR count). The Kier molecular flexibility index (Phi) is 6.91. The van der Waals surface area contributed by atoms with Gasteiger partial charge in [0.05, 0.1) is 13.0 Å². The van der Waals surface area contributed by atoms with Gasteiger partial charge in [0.15, 0.2) is 5.96 Å². The van der Waals surface area contributed by atoms with Gasteiger partial charge in [-0.1, -0.05) is 56.3 Å². The molecule has 1 fully saturated rings. The molecule has 2 aromatic rings. The third kappa shape index (κ3) is 5.12. The Morgan fingerprint density at radius 1 is 1.19 bits per heavy atom. The number of halogens is 2. The van der Waals surface area contributed by atoms with Crippen molar-refractivity contribution < 1.29 is 18.4 Å². The summed E-state index contributed by atoms with van der Waals surface area (Å²) in [5.41, 5.74) is 0.659. The Hall–Kier alpha value is -3.29. The second-order valence-corrected chi connectivity index (χ2v) is 8.60. The molecular formula is C24H28F2N4O2. The van der Waals surface area contributed by atoms with Gasteiger partial charge in [-0.2, -0.15) is 0 Å². The second-order valence-electron chi connectivity index (χ2n) is 8.60. The molecule has 0 radical (unpaired) electrons. The zero-order chi connectivity index (χ0) is 23.5. The van der Waals surface area contributed by atoms with Gasteiger partial charge in [-0.25, -0.2) is 8.78 Å². The molecule has 2 aromatic carbocycles. The minimum atomic E-state index is -2.77. The standard InChI is InChI=1S/C24H28F2N4O2/c1-15(2)24(3)13-19(31)30(23(27)29-24)14-16-8-7-11-18(12-16)22(32)28-20(21(25)26)17-9-5-4-6-10-17/h4-12,15,20-21H,13-14H2,1-3H3,(H2,27,29)(H,28,32)/t20-,24+/m1/s1. The number of hydrogen-bond acceptors (Lipinski definition) is 3. The number of amides is 2. The Balaban J connectivity index is 1.73. The molecule has 3 N–H and O–H groups in total. The average Bonchev–Trinajstić information content (AvgIpc) is 2.75. The summed E-state index contributed by atoms with van der Waals surface area (Å²) in [6.45, 7) is 6.01. The smallest absolute Gasteiger partial charge is 0.262 e. The lowest BCUT2D eigenvalue weighted by Crippen LogP contribution is -2.62. The van der Waals surface area contributed by atoms with Crippen molar-refractivity contribution in [2.45, 2.75) is 51.7 Å². The molecule has 6 nitrogen and oxygen atoms in total. The fourth-order valence-electron chi connectivity index (χ4n) is 3.60. The van der Waals surface area contributed by atoms with Gasteiger partial charge in [-0.3, -0.25) is 19.9 Å². The first-order valence-corrected chi connectivity index (χ1v) is 10.5. The van der Waals surface area contributed by atoms with E-state index in [2.05, 4.69) is 10.6 Å². The monoisotopic (exact) mass is 442 g/mol. The van der Waals surface area contributed by atoms with Crippen molar-refractivity contribution in [2.75, 3.05) is 0 Å². The van der Waals surface area contributed by atoms with Crippen molar-refractivity contribution in [3.63, 3.8) is 0 Å². The molecular weight excluding hydrogens is 414 g/mol. The number of carbonyl (C=O) groups excluding carboxylic acids is 2. The van der Waals surface area contributed by atoms with E-state index >= 15 is 0 Å². The van der Waals surface area contributed by atoms with Crippen LogP contribution in [-0.4, -0.2) is 34.6 Å². The molecule has 1 saturated heterocycles. The van der Waals surface area contributed by atoms with E-state index in [1.54, 1.807) is 48.5 Å². The third-order valence-corrected chi connectivity index (χ3v) is 5.99. The van der Waals surface area contributed by atoms with Gasteiger partial charge in [0.1, 0.15) is 6.04 Å². The van der Waals surface area contributed by atoms with Gasteiger partial charge in [-0.05, 0) is 36.1 Å². The predicted molar refractivity (Wildman–Crippen MR) is 118 cm³/mol. The van der Waals surface area contributed by atoms with Crippen LogP contribution >= 0.6 is 0 Å². The normalized spacial score (nSPS) is 19.8. The van der Waals surface area contributed by atoms with Crippen molar-refractivity contribution in [3.05, 3.63) is 71.3 Å². The molecule has 0 spiro atoms. The molecule has 0 aliphatic carbocycles. The number of hydrogen-bond donors (Lipinski definition) is 3. The summed E-state index contributed by atoms with van der Waals surface area (Å²) in [6, 6.07) is 13.1. The number of nitrogens with one attached hydrogen (secondary N) is 3. The van der Waals surface area contributed by atoms with Crippen LogP contribution in [0.4, 0.5) is 8.78 Å². The van der Waals surface area contributed by atoms with E-state index in [9.17, 15) is 18.4 Å². The molecule has 2 atom stereocenters. The Labute approximate surface area is 186 Å². The van der Waals surface area contributed by atoms with E-state index in [4.69, 9.17) is 5.41 Å². The summed E-state index contributed by atoms with van der Waals surface area (Å²) in [6.07, 6.45) is -2.52. The Morgan fingerprint density at radius 2 is 1.88 bits per heavy atom. The van der Waals surface area contributed by atoms with E-state index in [-0.39, 0.29) is 36.3 Å². The SMILES string of the molecule is CC(C)[C@]1(C)CC(=O)N(Cc2cccc(C(=O)N[C@H](c3ccccc3)C(F)F)c2)C(=N)N1. The maximum atomic E-state index is 13.6. The lowest BCUT2D eigenvalue weighted by atomic mass is 9.83. The van der Waals surface area contributed by atoms with Crippen LogP contribution in [0.2, 0.25) is 0 Å². The molecule has 1 aliphatic heterocycles. The molecule has 0 aromatic heterocycles. The van der Waals surface area contributed by atoms with Crippen LogP contribution in [0.15, 0.2) is 54.6 Å². The molecule has 32 heavy (non-hydrogen) atoms. The Bertz CT molecular complexity index is 977. The summed E-state index contributed by atoms with van der Waals surface area (Å²) >= 11 is 0. The largest absolute Gasteiger partial charge is 0.350 e.